The molecule has 2 aromatic rings. The molecule has 2 N–H and O–H groups in total. The summed E-state index contributed by atoms with van der Waals surface area (Å²) in [6.45, 7) is 6.17. The molecule has 1 aliphatic rings. The number of aromatic nitrogens is 2. The molecule has 0 fully saturated rings. The summed E-state index contributed by atoms with van der Waals surface area (Å²) in [7, 11) is 0. The van der Waals surface area contributed by atoms with E-state index in [0.717, 1.165) is 12.1 Å². The smallest absolute Gasteiger partial charge is 0.322 e. The fourth-order valence-electron chi connectivity index (χ4n) is 2.97. The zero-order valence-corrected chi connectivity index (χ0v) is 15.3. The number of halogens is 2. The van der Waals surface area contributed by atoms with Crippen molar-refractivity contribution >= 4 is 17.6 Å². The summed E-state index contributed by atoms with van der Waals surface area (Å²) in [5.41, 5.74) is 1.20. The molecule has 27 heavy (non-hydrogen) atoms. The van der Waals surface area contributed by atoms with Crippen LogP contribution in [0.1, 0.15) is 36.8 Å². The first-order chi connectivity index (χ1) is 12.8. The summed E-state index contributed by atoms with van der Waals surface area (Å²) in [6, 6.07) is 2.49. The number of carbonyl (C=O) groups is 2. The van der Waals surface area contributed by atoms with Gasteiger partial charge in [-0.25, -0.2) is 13.6 Å². The van der Waals surface area contributed by atoms with E-state index in [9.17, 15) is 18.4 Å². The maximum absolute atomic E-state index is 13.4. The quantitative estimate of drug-likeness (QED) is 0.863. The average Bonchev–Trinajstić information content (AvgIpc) is 2.99. The van der Waals surface area contributed by atoms with Crippen molar-refractivity contribution in [2.75, 3.05) is 5.32 Å². The van der Waals surface area contributed by atoms with Gasteiger partial charge in [0, 0.05) is 17.8 Å². The number of urea groups is 1. The average molecular weight is 377 g/mol. The third-order valence-electron chi connectivity index (χ3n) is 4.33. The molecule has 0 unspecified atom stereocenters. The summed E-state index contributed by atoms with van der Waals surface area (Å²) in [5, 5.41) is 9.62. The van der Waals surface area contributed by atoms with E-state index in [4.69, 9.17) is 0 Å². The van der Waals surface area contributed by atoms with E-state index in [-0.39, 0.29) is 30.2 Å². The predicted molar refractivity (Wildman–Crippen MR) is 95.2 cm³/mol. The molecule has 0 spiro atoms. The molecular weight excluding hydrogens is 356 g/mol. The fourth-order valence-corrected chi connectivity index (χ4v) is 2.97. The molecular formula is C18H21F2N5O2. The first kappa shape index (κ1) is 18.8. The van der Waals surface area contributed by atoms with Gasteiger partial charge in [-0.05, 0) is 32.9 Å². The van der Waals surface area contributed by atoms with Crippen LogP contribution in [-0.4, -0.2) is 38.7 Å². The molecule has 2 heterocycles. The Morgan fingerprint density at radius 2 is 2.00 bits per heavy atom. The van der Waals surface area contributed by atoms with Crippen molar-refractivity contribution < 1.29 is 18.4 Å². The second kappa shape index (κ2) is 7.34. The van der Waals surface area contributed by atoms with Crippen LogP contribution in [0, 0.1) is 11.6 Å². The van der Waals surface area contributed by atoms with Crippen molar-refractivity contribution in [1.29, 1.82) is 0 Å². The van der Waals surface area contributed by atoms with Gasteiger partial charge in [0.15, 0.2) is 11.6 Å². The molecule has 0 radical (unpaired) electrons. The lowest BCUT2D eigenvalue weighted by molar-refractivity contribution is 0.0938. The van der Waals surface area contributed by atoms with Crippen LogP contribution in [0.4, 0.5) is 19.3 Å². The van der Waals surface area contributed by atoms with Gasteiger partial charge in [-0.3, -0.25) is 9.48 Å². The van der Waals surface area contributed by atoms with Crippen LogP contribution in [0.25, 0.3) is 0 Å². The summed E-state index contributed by atoms with van der Waals surface area (Å²) in [6.07, 6.45) is 1.50. The Hall–Kier alpha value is -2.97. The van der Waals surface area contributed by atoms with E-state index in [1.54, 1.807) is 4.68 Å². The third kappa shape index (κ3) is 3.91. The van der Waals surface area contributed by atoms with Crippen LogP contribution in [0.3, 0.4) is 0 Å². The topological polar surface area (TPSA) is 79.3 Å². The first-order valence-corrected chi connectivity index (χ1v) is 8.64. The van der Waals surface area contributed by atoms with Crippen molar-refractivity contribution in [3.8, 4) is 0 Å². The lowest BCUT2D eigenvalue weighted by Crippen LogP contribution is -2.47. The van der Waals surface area contributed by atoms with Crippen LogP contribution in [0.2, 0.25) is 0 Å². The largest absolute Gasteiger partial charge is 0.350 e. The Morgan fingerprint density at radius 1 is 1.26 bits per heavy atom. The molecule has 0 saturated carbocycles. The number of benzene rings is 1. The number of fused-ring (bicyclic) bond motifs is 1. The first-order valence-electron chi connectivity index (χ1n) is 8.64. The van der Waals surface area contributed by atoms with Crippen molar-refractivity contribution in [2.45, 2.75) is 45.9 Å². The minimum atomic E-state index is -1.04. The standard InChI is InChI=1S/C18H21F2N5O2/c1-10(2)22-17(26)13-7-21-25-8-11(3)24(9-16(13)25)18(27)23-12-4-5-14(19)15(20)6-12/h4-7,10-11H,8-9H2,1-3H3,(H,22,26)(H,23,27)/t11-/m0/s1. The zero-order chi connectivity index (χ0) is 19.7. The highest BCUT2D eigenvalue weighted by atomic mass is 19.2. The van der Waals surface area contributed by atoms with E-state index in [2.05, 4.69) is 15.7 Å². The Morgan fingerprint density at radius 3 is 2.67 bits per heavy atom. The lowest BCUT2D eigenvalue weighted by Gasteiger charge is -2.34. The van der Waals surface area contributed by atoms with E-state index in [1.165, 1.54) is 17.2 Å². The molecule has 7 nitrogen and oxygen atoms in total. The molecule has 1 atom stereocenters. The zero-order valence-electron chi connectivity index (χ0n) is 15.3. The van der Waals surface area contributed by atoms with Gasteiger partial charge in [0.25, 0.3) is 5.91 Å². The molecule has 3 rings (SSSR count). The van der Waals surface area contributed by atoms with E-state index < -0.39 is 17.7 Å². The Kier molecular flexibility index (Phi) is 5.11. The SMILES string of the molecule is CC(C)NC(=O)c1cnn2c1CN(C(=O)Nc1ccc(F)c(F)c1)[C@@H](C)C2. The molecule has 0 bridgehead atoms. The monoisotopic (exact) mass is 377 g/mol. The number of hydrogen-bond acceptors (Lipinski definition) is 3. The maximum atomic E-state index is 13.4. The molecule has 1 aromatic carbocycles. The molecule has 1 aromatic heterocycles. The van der Waals surface area contributed by atoms with Crippen LogP contribution in [0.15, 0.2) is 24.4 Å². The van der Waals surface area contributed by atoms with Gasteiger partial charge in [0.2, 0.25) is 0 Å². The maximum Gasteiger partial charge on any atom is 0.322 e. The van der Waals surface area contributed by atoms with Gasteiger partial charge in [0.1, 0.15) is 0 Å². The Balaban J connectivity index is 1.78. The highest BCUT2D eigenvalue weighted by molar-refractivity contribution is 5.95. The van der Waals surface area contributed by atoms with Gasteiger partial charge >= 0.3 is 6.03 Å². The van der Waals surface area contributed by atoms with Crippen molar-refractivity contribution in [2.24, 2.45) is 0 Å². The third-order valence-corrected chi connectivity index (χ3v) is 4.33. The van der Waals surface area contributed by atoms with Crippen molar-refractivity contribution in [3.05, 3.63) is 47.3 Å². The highest BCUT2D eigenvalue weighted by Gasteiger charge is 2.31. The number of anilines is 1. The van der Waals surface area contributed by atoms with Crippen molar-refractivity contribution in [1.82, 2.24) is 20.0 Å². The van der Waals surface area contributed by atoms with Gasteiger partial charge in [0.05, 0.1) is 36.6 Å². The van der Waals surface area contributed by atoms with E-state index >= 15 is 0 Å². The predicted octanol–water partition coefficient (Wildman–Crippen LogP) is 2.74. The van der Waals surface area contributed by atoms with Gasteiger partial charge < -0.3 is 15.5 Å². The molecule has 1 aliphatic heterocycles. The lowest BCUT2D eigenvalue weighted by atomic mass is 10.1. The highest BCUT2D eigenvalue weighted by Crippen LogP contribution is 2.22. The Labute approximate surface area is 155 Å². The molecule has 3 amide bonds. The number of amides is 3. The van der Waals surface area contributed by atoms with E-state index in [1.807, 2.05) is 20.8 Å². The van der Waals surface area contributed by atoms with Crippen molar-refractivity contribution in [3.63, 3.8) is 0 Å². The Bertz CT molecular complexity index is 881. The molecule has 0 saturated heterocycles. The number of carbonyl (C=O) groups excluding carboxylic acids is 2. The van der Waals surface area contributed by atoms with E-state index in [0.29, 0.717) is 17.8 Å². The van der Waals surface area contributed by atoms with Crippen LogP contribution < -0.4 is 10.6 Å². The van der Waals surface area contributed by atoms with Gasteiger partial charge in [-0.15, -0.1) is 0 Å². The summed E-state index contributed by atoms with van der Waals surface area (Å²) in [4.78, 5) is 26.5. The van der Waals surface area contributed by atoms with Crippen LogP contribution >= 0.6 is 0 Å². The van der Waals surface area contributed by atoms with Gasteiger partial charge in [-0.2, -0.15) is 5.10 Å². The number of nitrogens with zero attached hydrogens (tertiary/aromatic N) is 3. The number of hydrogen-bond donors (Lipinski definition) is 2. The summed E-state index contributed by atoms with van der Waals surface area (Å²) < 4.78 is 28.1. The van der Waals surface area contributed by atoms with Crippen LogP contribution in [0.5, 0.6) is 0 Å². The fraction of sp³-hybridized carbons (Fsp3) is 0.389. The number of nitrogens with one attached hydrogen (secondary N) is 2. The summed E-state index contributed by atoms with van der Waals surface area (Å²) in [5.74, 6) is -2.27. The molecule has 0 aliphatic carbocycles. The molecule has 144 valence electrons. The van der Waals surface area contributed by atoms with Gasteiger partial charge in [-0.1, -0.05) is 0 Å². The minimum Gasteiger partial charge on any atom is -0.350 e. The summed E-state index contributed by atoms with van der Waals surface area (Å²) >= 11 is 0. The second-order valence-electron chi connectivity index (χ2n) is 6.85. The minimum absolute atomic E-state index is 0.0247. The molecule has 9 heteroatoms. The second-order valence-corrected chi connectivity index (χ2v) is 6.85. The number of rotatable bonds is 3. The normalized spacial score (nSPS) is 16.2. The van der Waals surface area contributed by atoms with Crippen LogP contribution in [-0.2, 0) is 13.1 Å².